The van der Waals surface area contributed by atoms with E-state index in [1.54, 1.807) is 0 Å². The normalized spacial score (nSPS) is 18.6. The molecule has 4 heteroatoms. The lowest BCUT2D eigenvalue weighted by atomic mass is 10.1. The van der Waals surface area contributed by atoms with Crippen molar-refractivity contribution in [1.29, 1.82) is 0 Å². The molecule has 0 radical (unpaired) electrons. The van der Waals surface area contributed by atoms with Crippen LogP contribution in [0.4, 0.5) is 0 Å². The number of rotatable bonds is 4. The zero-order valence-corrected chi connectivity index (χ0v) is 11.7. The molecule has 1 heterocycles. The molecular weight excluding hydrogens is 250 g/mol. The average Bonchev–Trinajstić information content (AvgIpc) is 2.39. The van der Waals surface area contributed by atoms with E-state index in [0.717, 1.165) is 42.4 Å². The molecule has 0 aliphatic carbocycles. The third-order valence-corrected chi connectivity index (χ3v) is 3.67. The largest absolute Gasteiger partial charge is 0.490 e. The summed E-state index contributed by atoms with van der Waals surface area (Å²) in [5.74, 6) is 0.846. The molecule has 0 saturated carbocycles. The number of ether oxygens (including phenoxy) is 2. The third kappa shape index (κ3) is 3.37. The summed E-state index contributed by atoms with van der Waals surface area (Å²) in [6, 6.07) is 6.16. The highest BCUT2D eigenvalue weighted by Crippen LogP contribution is 2.28. The van der Waals surface area contributed by atoms with E-state index < -0.39 is 0 Å². The maximum atomic E-state index is 6.28. The molecule has 1 unspecified atom stereocenters. The first kappa shape index (κ1) is 13.7. The van der Waals surface area contributed by atoms with Crippen molar-refractivity contribution in [1.82, 2.24) is 5.32 Å². The molecule has 1 atom stereocenters. The van der Waals surface area contributed by atoms with Crippen LogP contribution in [-0.4, -0.2) is 26.4 Å². The van der Waals surface area contributed by atoms with Gasteiger partial charge in [0.1, 0.15) is 11.9 Å². The fraction of sp³-hybridized carbons (Fsp3) is 0.571. The lowest BCUT2D eigenvalue weighted by Gasteiger charge is -2.23. The van der Waals surface area contributed by atoms with Crippen LogP contribution >= 0.6 is 11.6 Å². The monoisotopic (exact) mass is 269 g/mol. The minimum absolute atomic E-state index is 0.245. The van der Waals surface area contributed by atoms with Crippen LogP contribution in [0.2, 0.25) is 5.02 Å². The first-order valence-corrected chi connectivity index (χ1v) is 6.79. The summed E-state index contributed by atoms with van der Waals surface area (Å²) in [5, 5.41) is 3.93. The third-order valence-electron chi connectivity index (χ3n) is 3.34. The van der Waals surface area contributed by atoms with Gasteiger partial charge >= 0.3 is 0 Å². The lowest BCUT2D eigenvalue weighted by Crippen LogP contribution is -2.25. The van der Waals surface area contributed by atoms with Gasteiger partial charge in [0.25, 0.3) is 0 Å². The highest BCUT2D eigenvalue weighted by atomic mass is 35.5. The quantitative estimate of drug-likeness (QED) is 0.911. The number of halogens is 1. The molecule has 1 aromatic carbocycles. The minimum atomic E-state index is 0.245. The van der Waals surface area contributed by atoms with Crippen molar-refractivity contribution < 1.29 is 9.47 Å². The van der Waals surface area contributed by atoms with Crippen LogP contribution in [0.3, 0.4) is 0 Å². The van der Waals surface area contributed by atoms with Crippen LogP contribution < -0.4 is 10.1 Å². The molecule has 2 rings (SSSR count). The summed E-state index contributed by atoms with van der Waals surface area (Å²) in [4.78, 5) is 0. The highest BCUT2D eigenvalue weighted by molar-refractivity contribution is 6.31. The van der Waals surface area contributed by atoms with Crippen LogP contribution in [0.5, 0.6) is 5.75 Å². The molecule has 0 aromatic heterocycles. The number of hydrogen-bond donors (Lipinski definition) is 1. The van der Waals surface area contributed by atoms with Gasteiger partial charge < -0.3 is 14.8 Å². The average molecular weight is 270 g/mol. The van der Waals surface area contributed by atoms with Gasteiger partial charge in [-0.1, -0.05) is 17.7 Å². The number of nitrogens with one attached hydrogen (secondary N) is 1. The predicted molar refractivity (Wildman–Crippen MR) is 73.4 cm³/mol. The fourth-order valence-corrected chi connectivity index (χ4v) is 2.41. The molecule has 1 aliphatic heterocycles. The SMILES string of the molecule is CNC(C)c1ccc(OC2CCOCC2)cc1Cl. The smallest absolute Gasteiger partial charge is 0.121 e. The van der Waals surface area contributed by atoms with Crippen LogP contribution in [0.1, 0.15) is 31.4 Å². The summed E-state index contributed by atoms with van der Waals surface area (Å²) in [5.41, 5.74) is 1.10. The van der Waals surface area contributed by atoms with Crippen molar-refractivity contribution in [3.05, 3.63) is 28.8 Å². The van der Waals surface area contributed by atoms with Crippen LogP contribution in [0.25, 0.3) is 0 Å². The molecule has 100 valence electrons. The molecule has 3 nitrogen and oxygen atoms in total. The number of benzene rings is 1. The van der Waals surface area contributed by atoms with E-state index >= 15 is 0 Å². The van der Waals surface area contributed by atoms with Gasteiger partial charge in [-0.2, -0.15) is 0 Å². The Labute approximate surface area is 113 Å². The van der Waals surface area contributed by atoms with Gasteiger partial charge in [0.05, 0.1) is 13.2 Å². The van der Waals surface area contributed by atoms with Crippen LogP contribution in [-0.2, 0) is 4.74 Å². The van der Waals surface area contributed by atoms with Crippen molar-refractivity contribution in [2.24, 2.45) is 0 Å². The fourth-order valence-electron chi connectivity index (χ4n) is 2.07. The van der Waals surface area contributed by atoms with E-state index in [2.05, 4.69) is 12.2 Å². The van der Waals surface area contributed by atoms with Crippen LogP contribution in [0, 0.1) is 0 Å². The highest BCUT2D eigenvalue weighted by Gasteiger charge is 2.16. The van der Waals surface area contributed by atoms with E-state index in [0.29, 0.717) is 0 Å². The maximum absolute atomic E-state index is 6.28. The summed E-state index contributed by atoms with van der Waals surface area (Å²) >= 11 is 6.28. The molecule has 0 amide bonds. The molecule has 1 fully saturated rings. The van der Waals surface area contributed by atoms with E-state index in [4.69, 9.17) is 21.1 Å². The van der Waals surface area contributed by atoms with Gasteiger partial charge in [-0.05, 0) is 31.7 Å². The molecule has 1 aromatic rings. The zero-order chi connectivity index (χ0) is 13.0. The Morgan fingerprint density at radius 2 is 2.11 bits per heavy atom. The standard InChI is InChI=1S/C14H20ClNO2/c1-10(16-2)13-4-3-12(9-14(13)15)18-11-5-7-17-8-6-11/h3-4,9-11,16H,5-8H2,1-2H3. The summed E-state index contributed by atoms with van der Waals surface area (Å²) in [7, 11) is 1.92. The topological polar surface area (TPSA) is 30.5 Å². The van der Waals surface area contributed by atoms with Gasteiger partial charge in [-0.15, -0.1) is 0 Å². The Hall–Kier alpha value is -0.770. The van der Waals surface area contributed by atoms with E-state index in [1.807, 2.05) is 25.2 Å². The maximum Gasteiger partial charge on any atom is 0.121 e. The van der Waals surface area contributed by atoms with Crippen molar-refractivity contribution in [2.75, 3.05) is 20.3 Å². The predicted octanol–water partition coefficient (Wildman–Crippen LogP) is 3.18. The van der Waals surface area contributed by atoms with Crippen molar-refractivity contribution in [2.45, 2.75) is 31.9 Å². The summed E-state index contributed by atoms with van der Waals surface area (Å²) < 4.78 is 11.2. The van der Waals surface area contributed by atoms with Gasteiger partial charge in [0, 0.05) is 23.9 Å². The Morgan fingerprint density at radius 1 is 1.39 bits per heavy atom. The van der Waals surface area contributed by atoms with Crippen molar-refractivity contribution in [3.8, 4) is 5.75 Å². The minimum Gasteiger partial charge on any atom is -0.490 e. The van der Waals surface area contributed by atoms with Gasteiger partial charge in [-0.25, -0.2) is 0 Å². The zero-order valence-electron chi connectivity index (χ0n) is 10.9. The summed E-state index contributed by atoms with van der Waals surface area (Å²) in [6.45, 7) is 3.65. The molecule has 18 heavy (non-hydrogen) atoms. The van der Waals surface area contributed by atoms with Gasteiger partial charge in [-0.3, -0.25) is 0 Å². The second kappa shape index (κ2) is 6.41. The molecule has 0 bridgehead atoms. The first-order valence-electron chi connectivity index (χ1n) is 6.42. The molecular formula is C14H20ClNO2. The van der Waals surface area contributed by atoms with E-state index in [1.165, 1.54) is 0 Å². The summed E-state index contributed by atoms with van der Waals surface area (Å²) in [6.07, 6.45) is 2.15. The lowest BCUT2D eigenvalue weighted by molar-refractivity contribution is 0.0255. The van der Waals surface area contributed by atoms with Crippen molar-refractivity contribution in [3.63, 3.8) is 0 Å². The Bertz CT molecular complexity index is 391. The van der Waals surface area contributed by atoms with Crippen molar-refractivity contribution >= 4 is 11.6 Å². The first-order chi connectivity index (χ1) is 8.70. The molecule has 1 aliphatic rings. The second-order valence-corrected chi connectivity index (χ2v) is 5.03. The van der Waals surface area contributed by atoms with Crippen LogP contribution in [0.15, 0.2) is 18.2 Å². The van der Waals surface area contributed by atoms with E-state index in [-0.39, 0.29) is 12.1 Å². The Kier molecular flexibility index (Phi) is 4.87. The van der Waals surface area contributed by atoms with E-state index in [9.17, 15) is 0 Å². The van der Waals surface area contributed by atoms with Gasteiger partial charge in [0.2, 0.25) is 0 Å². The Morgan fingerprint density at radius 3 is 2.72 bits per heavy atom. The molecule has 1 N–H and O–H groups in total. The van der Waals surface area contributed by atoms with Gasteiger partial charge in [0.15, 0.2) is 0 Å². The molecule has 0 spiro atoms. The Balaban J connectivity index is 2.03. The number of hydrogen-bond acceptors (Lipinski definition) is 3. The second-order valence-electron chi connectivity index (χ2n) is 4.62. The molecule has 1 saturated heterocycles.